The van der Waals surface area contributed by atoms with E-state index in [1.165, 1.54) is 17.7 Å². The van der Waals surface area contributed by atoms with E-state index < -0.39 is 0 Å². The van der Waals surface area contributed by atoms with Crippen LogP contribution in [0.4, 0.5) is 10.3 Å². The maximum absolute atomic E-state index is 13.4. The van der Waals surface area contributed by atoms with Crippen LogP contribution in [0.2, 0.25) is 0 Å². The van der Waals surface area contributed by atoms with Gasteiger partial charge in [0.25, 0.3) is 0 Å². The van der Waals surface area contributed by atoms with Crippen LogP contribution in [0.15, 0.2) is 67.0 Å². The van der Waals surface area contributed by atoms with Gasteiger partial charge < -0.3 is 14.6 Å². The van der Waals surface area contributed by atoms with Gasteiger partial charge in [0, 0.05) is 31.4 Å². The van der Waals surface area contributed by atoms with Crippen molar-refractivity contribution in [2.75, 3.05) is 25.5 Å². The van der Waals surface area contributed by atoms with Crippen LogP contribution in [0.25, 0.3) is 11.0 Å². The second-order valence-electron chi connectivity index (χ2n) is 8.92. The van der Waals surface area contributed by atoms with E-state index in [-0.39, 0.29) is 5.82 Å². The van der Waals surface area contributed by atoms with Crippen LogP contribution in [-0.4, -0.2) is 45.7 Å². The quantitative estimate of drug-likeness (QED) is 0.408. The SMILES string of the molecule is COc1ccc(C(C)N2CCC(Nc3nc4ccncc4n3Cc3ccc(F)cc3)CC2)cc1. The van der Waals surface area contributed by atoms with E-state index >= 15 is 0 Å². The van der Waals surface area contributed by atoms with Crippen LogP contribution < -0.4 is 10.1 Å². The van der Waals surface area contributed by atoms with Crippen LogP contribution >= 0.6 is 0 Å². The van der Waals surface area contributed by atoms with Crippen LogP contribution in [0.1, 0.15) is 36.9 Å². The highest BCUT2D eigenvalue weighted by atomic mass is 19.1. The van der Waals surface area contributed by atoms with Crippen molar-refractivity contribution in [3.05, 3.63) is 83.9 Å². The monoisotopic (exact) mass is 459 g/mol. The Morgan fingerprint density at radius 1 is 1.06 bits per heavy atom. The minimum Gasteiger partial charge on any atom is -0.497 e. The maximum atomic E-state index is 13.4. The molecule has 1 aliphatic heterocycles. The Balaban J connectivity index is 1.28. The number of anilines is 1. The summed E-state index contributed by atoms with van der Waals surface area (Å²) in [6, 6.07) is 17.6. The molecule has 2 aromatic carbocycles. The summed E-state index contributed by atoms with van der Waals surface area (Å²) < 4.78 is 20.8. The number of imidazole rings is 1. The van der Waals surface area contributed by atoms with E-state index in [0.29, 0.717) is 18.6 Å². The molecule has 176 valence electrons. The largest absolute Gasteiger partial charge is 0.497 e. The fraction of sp³-hybridized carbons (Fsp3) is 0.333. The summed E-state index contributed by atoms with van der Waals surface area (Å²) in [6.45, 7) is 4.91. The highest BCUT2D eigenvalue weighted by molar-refractivity contribution is 5.77. The van der Waals surface area contributed by atoms with Crippen molar-refractivity contribution < 1.29 is 9.13 Å². The lowest BCUT2D eigenvalue weighted by atomic mass is 10.00. The molecule has 0 spiro atoms. The van der Waals surface area contributed by atoms with Crippen LogP contribution in [0.3, 0.4) is 0 Å². The molecule has 3 heterocycles. The highest BCUT2D eigenvalue weighted by Gasteiger charge is 2.25. The first-order valence-corrected chi connectivity index (χ1v) is 11.8. The Labute approximate surface area is 199 Å². The summed E-state index contributed by atoms with van der Waals surface area (Å²) in [4.78, 5) is 11.7. The van der Waals surface area contributed by atoms with Gasteiger partial charge in [0.1, 0.15) is 11.6 Å². The van der Waals surface area contributed by atoms with E-state index in [9.17, 15) is 4.39 Å². The van der Waals surface area contributed by atoms with Crippen molar-refractivity contribution >= 4 is 17.0 Å². The van der Waals surface area contributed by atoms with E-state index in [1.807, 2.05) is 36.5 Å². The number of rotatable bonds is 7. The molecule has 7 heteroatoms. The number of methoxy groups -OCH3 is 1. The summed E-state index contributed by atoms with van der Waals surface area (Å²) in [5, 5.41) is 3.69. The average molecular weight is 460 g/mol. The second kappa shape index (κ2) is 9.81. The van der Waals surface area contributed by atoms with Crippen molar-refractivity contribution in [3.63, 3.8) is 0 Å². The number of nitrogens with zero attached hydrogens (tertiary/aromatic N) is 4. The number of fused-ring (bicyclic) bond motifs is 1. The number of pyridine rings is 1. The lowest BCUT2D eigenvalue weighted by molar-refractivity contribution is 0.167. The molecule has 5 rings (SSSR count). The fourth-order valence-electron chi connectivity index (χ4n) is 4.72. The molecule has 34 heavy (non-hydrogen) atoms. The molecule has 0 saturated carbocycles. The summed E-state index contributed by atoms with van der Waals surface area (Å²) in [5.74, 6) is 1.50. The first-order chi connectivity index (χ1) is 16.6. The number of likely N-dealkylation sites (tertiary alicyclic amines) is 1. The molecule has 2 aromatic heterocycles. The molecule has 0 radical (unpaired) electrons. The molecule has 0 bridgehead atoms. The van der Waals surface area contributed by atoms with Gasteiger partial charge in [-0.1, -0.05) is 24.3 Å². The number of ether oxygens (including phenoxy) is 1. The molecule has 0 aliphatic carbocycles. The number of halogens is 1. The fourth-order valence-corrected chi connectivity index (χ4v) is 4.72. The topological polar surface area (TPSA) is 55.2 Å². The van der Waals surface area contributed by atoms with Gasteiger partial charge >= 0.3 is 0 Å². The zero-order valence-electron chi connectivity index (χ0n) is 19.6. The average Bonchev–Trinajstić information content (AvgIpc) is 3.22. The van der Waals surface area contributed by atoms with Crippen LogP contribution in [0, 0.1) is 5.82 Å². The van der Waals surface area contributed by atoms with Crippen molar-refractivity contribution in [1.82, 2.24) is 19.4 Å². The summed E-state index contributed by atoms with van der Waals surface area (Å²) in [6.07, 6.45) is 5.69. The van der Waals surface area contributed by atoms with Gasteiger partial charge in [0.2, 0.25) is 5.95 Å². The van der Waals surface area contributed by atoms with Gasteiger partial charge in [-0.3, -0.25) is 9.88 Å². The Bertz CT molecular complexity index is 1230. The third kappa shape index (κ3) is 4.75. The molecule has 1 saturated heterocycles. The second-order valence-corrected chi connectivity index (χ2v) is 8.92. The smallest absolute Gasteiger partial charge is 0.204 e. The van der Waals surface area contributed by atoms with Crippen molar-refractivity contribution in [2.24, 2.45) is 0 Å². The number of benzene rings is 2. The molecule has 1 aliphatic rings. The van der Waals surface area contributed by atoms with Gasteiger partial charge in [-0.05, 0) is 61.2 Å². The zero-order chi connectivity index (χ0) is 23.5. The standard InChI is InChI=1S/C27H30FN5O/c1-19(21-5-9-24(34-2)10-6-21)32-15-12-23(13-16-32)30-27-31-25-11-14-29-17-26(25)33(27)18-20-3-7-22(28)8-4-20/h3-11,14,17,19,23H,12-13,15-16,18H2,1-2H3,(H,30,31). The van der Waals surface area contributed by atoms with Crippen LogP contribution in [-0.2, 0) is 6.54 Å². The van der Waals surface area contributed by atoms with Gasteiger partial charge in [-0.15, -0.1) is 0 Å². The van der Waals surface area contributed by atoms with Crippen LogP contribution in [0.5, 0.6) is 5.75 Å². The number of hydrogen-bond acceptors (Lipinski definition) is 5. The number of nitrogens with one attached hydrogen (secondary N) is 1. The number of hydrogen-bond donors (Lipinski definition) is 1. The highest BCUT2D eigenvalue weighted by Crippen LogP contribution is 2.28. The predicted molar refractivity (Wildman–Crippen MR) is 133 cm³/mol. The molecule has 1 atom stereocenters. The summed E-state index contributed by atoms with van der Waals surface area (Å²) >= 11 is 0. The van der Waals surface area contributed by atoms with Gasteiger partial charge in [0.05, 0.1) is 30.9 Å². The Hall–Kier alpha value is -3.45. The van der Waals surface area contributed by atoms with Crippen molar-refractivity contribution in [1.29, 1.82) is 0 Å². The van der Waals surface area contributed by atoms with Gasteiger partial charge in [0.15, 0.2) is 0 Å². The number of aromatic nitrogens is 3. The van der Waals surface area contributed by atoms with E-state index in [2.05, 4.69) is 38.8 Å². The maximum Gasteiger partial charge on any atom is 0.204 e. The molecule has 1 unspecified atom stereocenters. The number of piperidine rings is 1. The Morgan fingerprint density at radius 3 is 2.50 bits per heavy atom. The molecular weight excluding hydrogens is 429 g/mol. The molecule has 1 fully saturated rings. The van der Waals surface area contributed by atoms with Gasteiger partial charge in [-0.25, -0.2) is 9.37 Å². The first-order valence-electron chi connectivity index (χ1n) is 11.8. The lowest BCUT2D eigenvalue weighted by Gasteiger charge is -2.36. The minimum absolute atomic E-state index is 0.227. The Kier molecular flexibility index (Phi) is 6.45. The molecule has 4 aromatic rings. The zero-order valence-corrected chi connectivity index (χ0v) is 19.6. The van der Waals surface area contributed by atoms with Gasteiger partial charge in [-0.2, -0.15) is 0 Å². The summed E-state index contributed by atoms with van der Waals surface area (Å²) in [5.41, 5.74) is 4.21. The van der Waals surface area contributed by atoms with E-state index in [1.54, 1.807) is 13.3 Å². The van der Waals surface area contributed by atoms with Crippen molar-refractivity contribution in [3.8, 4) is 5.75 Å². The molecule has 0 amide bonds. The summed E-state index contributed by atoms with van der Waals surface area (Å²) in [7, 11) is 1.70. The molecule has 1 N–H and O–H groups in total. The molecule has 6 nitrogen and oxygen atoms in total. The first kappa shape index (κ1) is 22.3. The normalized spacial score (nSPS) is 16.0. The van der Waals surface area contributed by atoms with E-state index in [0.717, 1.165) is 54.2 Å². The minimum atomic E-state index is -0.227. The predicted octanol–water partition coefficient (Wildman–Crippen LogP) is 5.26. The lowest BCUT2D eigenvalue weighted by Crippen LogP contribution is -2.40. The van der Waals surface area contributed by atoms with Crippen molar-refractivity contribution in [2.45, 2.75) is 38.4 Å². The third-order valence-electron chi connectivity index (χ3n) is 6.81. The Morgan fingerprint density at radius 2 is 1.79 bits per heavy atom. The third-order valence-corrected chi connectivity index (χ3v) is 6.81. The van der Waals surface area contributed by atoms with E-state index in [4.69, 9.17) is 9.72 Å². The molecular formula is C27H30FN5O.